The molecule has 0 atom stereocenters. The van der Waals surface area contributed by atoms with Gasteiger partial charge in [-0.05, 0) is 0 Å². The van der Waals surface area contributed by atoms with E-state index in [0.29, 0.717) is 0 Å². The third-order valence-electron chi connectivity index (χ3n) is 0. The largest absolute Gasteiger partial charge is 0 e. The van der Waals surface area contributed by atoms with Crippen molar-refractivity contribution in [2.75, 3.05) is 0 Å². The van der Waals surface area contributed by atoms with Crippen molar-refractivity contribution in [2.24, 2.45) is 0 Å². The normalized spacial score (nSPS) is 0. The van der Waals surface area contributed by atoms with Crippen LogP contribution in [0.2, 0.25) is 0 Å². The Morgan fingerprint density at radius 3 is 0.500 bits per heavy atom. The first-order valence-electron chi connectivity index (χ1n) is 0. The van der Waals surface area contributed by atoms with Gasteiger partial charge in [-0.3, -0.25) is 0 Å². The maximum Gasteiger partial charge on any atom is 0 e. The van der Waals surface area contributed by atoms with Crippen LogP contribution in [0.5, 0.6) is 0 Å². The second-order valence-corrected chi connectivity index (χ2v) is 0. The fraction of sp³-hybridized carbons (Fsp3) is 0. The average Bonchev–Trinajstić information content (AvgIpc) is 0. The second-order valence-electron chi connectivity index (χ2n) is 0. The van der Waals surface area contributed by atoms with E-state index in [4.69, 9.17) is 0 Å². The molecule has 0 amide bonds. The molecule has 0 aromatic heterocycles. The first-order valence-corrected chi connectivity index (χ1v) is 0. The molecule has 0 heterocycles. The van der Waals surface area contributed by atoms with E-state index in [1.165, 1.54) is 0 Å². The Hall–Kier alpha value is 2.19. The van der Waals surface area contributed by atoms with Crippen LogP contribution in [0.25, 0.3) is 0 Å². The zero-order chi connectivity index (χ0) is 0. The molecule has 0 rings (SSSR count). The minimum absolute atomic E-state index is 0. The summed E-state index contributed by atoms with van der Waals surface area (Å²) in [6, 6.07) is 0. The molecule has 0 N–H and O–H groups in total. The standard InChI is InChI=1S/3Fe.Ga. The second kappa shape index (κ2) is 19.0. The Morgan fingerprint density at radius 2 is 0.500 bits per heavy atom. The molecule has 0 aliphatic rings. The Balaban J connectivity index is 0. The Morgan fingerprint density at radius 1 is 0.500 bits per heavy atom. The molecule has 0 saturated heterocycles. The summed E-state index contributed by atoms with van der Waals surface area (Å²) < 4.78 is 0. The summed E-state index contributed by atoms with van der Waals surface area (Å²) in [4.78, 5) is 0. The maximum atomic E-state index is 0. The van der Waals surface area contributed by atoms with E-state index >= 15 is 0 Å². The van der Waals surface area contributed by atoms with E-state index in [1.807, 2.05) is 0 Å². The minimum atomic E-state index is 0. The van der Waals surface area contributed by atoms with Crippen molar-refractivity contribution >= 4 is 19.8 Å². The molecule has 4 heavy (non-hydrogen) atoms. The van der Waals surface area contributed by atoms with Gasteiger partial charge in [0.1, 0.15) is 0 Å². The Labute approximate surface area is 70.3 Å². The van der Waals surface area contributed by atoms with Gasteiger partial charge in [0.25, 0.3) is 0 Å². The van der Waals surface area contributed by atoms with Crippen molar-refractivity contribution in [1.82, 2.24) is 0 Å². The van der Waals surface area contributed by atoms with Gasteiger partial charge in [0.15, 0.2) is 0 Å². The zero-order valence-electron chi connectivity index (χ0n) is 1.64. The smallest absolute Gasteiger partial charge is 0 e. The van der Waals surface area contributed by atoms with Gasteiger partial charge in [0.05, 0.1) is 0 Å². The molecule has 0 fully saturated rings. The van der Waals surface area contributed by atoms with Crippen LogP contribution in [0.1, 0.15) is 0 Å². The Bertz CT molecular complexity index is 3.25. The predicted octanol–water partition coefficient (Wildman–Crippen LogP) is -0.388. The van der Waals surface area contributed by atoms with Crippen LogP contribution in [0.3, 0.4) is 0 Å². The van der Waals surface area contributed by atoms with E-state index < -0.39 is 0 Å². The van der Waals surface area contributed by atoms with Crippen molar-refractivity contribution in [3.05, 3.63) is 0 Å². The van der Waals surface area contributed by atoms with Crippen LogP contribution in [-0.2, 0) is 51.2 Å². The Kier molecular flexibility index (Phi) is 165. The molecule has 0 spiro atoms. The van der Waals surface area contributed by atoms with Gasteiger partial charge in [-0.2, -0.15) is 0 Å². The zero-order valence-corrected chi connectivity index (χ0v) is 7.37. The van der Waals surface area contributed by atoms with E-state index in [-0.39, 0.29) is 71.0 Å². The molecule has 4 heteroatoms. The van der Waals surface area contributed by atoms with Crippen LogP contribution >= 0.6 is 0 Å². The summed E-state index contributed by atoms with van der Waals surface area (Å²) in [5.41, 5.74) is 0. The molecule has 0 aromatic carbocycles. The molecule has 3 radical (unpaired) electrons. The summed E-state index contributed by atoms with van der Waals surface area (Å²) >= 11 is 0. The first kappa shape index (κ1) is 34.7. The van der Waals surface area contributed by atoms with Gasteiger partial charge < -0.3 is 0 Å². The monoisotopic (exact) mass is 237 g/mol. The number of rotatable bonds is 0. The van der Waals surface area contributed by atoms with E-state index in [0.717, 1.165) is 0 Å². The third-order valence-corrected chi connectivity index (χ3v) is 0. The van der Waals surface area contributed by atoms with Gasteiger partial charge in [-0.1, -0.05) is 0 Å². The summed E-state index contributed by atoms with van der Waals surface area (Å²) in [5.74, 6) is 0. The van der Waals surface area contributed by atoms with E-state index in [1.54, 1.807) is 0 Å². The van der Waals surface area contributed by atoms with E-state index in [9.17, 15) is 0 Å². The van der Waals surface area contributed by atoms with Gasteiger partial charge in [0, 0.05) is 71.0 Å². The predicted molar refractivity (Wildman–Crippen MR) is 5.75 cm³/mol. The fourth-order valence-corrected chi connectivity index (χ4v) is 0. The third kappa shape index (κ3) is 8.89. The van der Waals surface area contributed by atoms with Crippen LogP contribution in [0.15, 0.2) is 0 Å². The molecule has 0 unspecified atom stereocenters. The van der Waals surface area contributed by atoms with Crippen molar-refractivity contribution in [3.8, 4) is 0 Å². The first-order chi connectivity index (χ1) is 0. The SMILES string of the molecule is [Fe].[Fe].[Fe].[Ga]. The van der Waals surface area contributed by atoms with Crippen molar-refractivity contribution in [1.29, 1.82) is 0 Å². The fourth-order valence-electron chi connectivity index (χ4n) is 0. The molecule has 0 saturated carbocycles. The molecular weight excluding hydrogens is 237 g/mol. The topological polar surface area (TPSA) is 0 Å². The van der Waals surface area contributed by atoms with Crippen LogP contribution in [-0.4, -0.2) is 19.8 Å². The van der Waals surface area contributed by atoms with Crippen LogP contribution in [0, 0.1) is 0 Å². The molecule has 0 nitrogen and oxygen atoms in total. The summed E-state index contributed by atoms with van der Waals surface area (Å²) in [7, 11) is 0. The van der Waals surface area contributed by atoms with E-state index in [2.05, 4.69) is 0 Å². The van der Waals surface area contributed by atoms with Gasteiger partial charge >= 0.3 is 0 Å². The maximum absolute atomic E-state index is 0. The molecule has 27 valence electrons. The minimum Gasteiger partial charge on any atom is 0 e. The molecular formula is Fe3Ga. The van der Waals surface area contributed by atoms with Gasteiger partial charge in [0.2, 0.25) is 0 Å². The number of hydrogen-bond acceptors (Lipinski definition) is 0. The average molecular weight is 237 g/mol. The molecule has 0 aliphatic heterocycles. The van der Waals surface area contributed by atoms with Crippen molar-refractivity contribution in [3.63, 3.8) is 0 Å². The van der Waals surface area contributed by atoms with Gasteiger partial charge in [-0.25, -0.2) is 0 Å². The molecule has 0 aliphatic carbocycles. The quantitative estimate of drug-likeness (QED) is 0.503. The molecule has 0 bridgehead atoms. The summed E-state index contributed by atoms with van der Waals surface area (Å²) in [5, 5.41) is 0. The van der Waals surface area contributed by atoms with Crippen molar-refractivity contribution < 1.29 is 51.2 Å². The van der Waals surface area contributed by atoms with Crippen LogP contribution in [0.4, 0.5) is 0 Å². The van der Waals surface area contributed by atoms with Gasteiger partial charge in [-0.15, -0.1) is 0 Å². The summed E-state index contributed by atoms with van der Waals surface area (Å²) in [6.45, 7) is 0. The van der Waals surface area contributed by atoms with Crippen molar-refractivity contribution in [2.45, 2.75) is 0 Å². The van der Waals surface area contributed by atoms with Crippen LogP contribution < -0.4 is 0 Å². The number of hydrogen-bond donors (Lipinski definition) is 0. The summed E-state index contributed by atoms with van der Waals surface area (Å²) in [6.07, 6.45) is 0. The molecule has 0 aromatic rings.